The summed E-state index contributed by atoms with van der Waals surface area (Å²) in [4.78, 5) is 14.4. The Bertz CT molecular complexity index is 605. The molecule has 0 spiro atoms. The van der Waals surface area contributed by atoms with Gasteiger partial charge in [-0.15, -0.1) is 0 Å². The van der Waals surface area contributed by atoms with Crippen molar-refractivity contribution in [3.63, 3.8) is 0 Å². The molecule has 24 heavy (non-hydrogen) atoms. The molecule has 3 atom stereocenters. The van der Waals surface area contributed by atoms with E-state index in [0.29, 0.717) is 18.7 Å². The van der Waals surface area contributed by atoms with Crippen LogP contribution in [0.2, 0.25) is 5.02 Å². The Balaban J connectivity index is 1.22. The van der Waals surface area contributed by atoms with E-state index in [0.717, 1.165) is 43.8 Å². The molecule has 130 valence electrons. The van der Waals surface area contributed by atoms with Gasteiger partial charge in [0.05, 0.1) is 12.2 Å². The predicted molar refractivity (Wildman–Crippen MR) is 93.9 cm³/mol. The normalized spacial score (nSPS) is 30.1. The van der Waals surface area contributed by atoms with Gasteiger partial charge in [-0.2, -0.15) is 0 Å². The van der Waals surface area contributed by atoms with Crippen LogP contribution < -0.4 is 5.32 Å². The maximum atomic E-state index is 11.9. The highest BCUT2D eigenvalue weighted by atomic mass is 35.5. The van der Waals surface area contributed by atoms with Crippen LogP contribution in [0.4, 0.5) is 0 Å². The Morgan fingerprint density at radius 3 is 2.88 bits per heavy atom. The zero-order chi connectivity index (χ0) is 16.5. The van der Waals surface area contributed by atoms with Crippen molar-refractivity contribution in [3.8, 4) is 0 Å². The van der Waals surface area contributed by atoms with Crippen molar-refractivity contribution >= 4 is 17.5 Å². The van der Waals surface area contributed by atoms with Crippen LogP contribution in [0.25, 0.3) is 0 Å². The maximum Gasteiger partial charge on any atom is 0.223 e. The number of nitrogens with one attached hydrogen (secondary N) is 1. The molecule has 2 saturated heterocycles. The molecule has 3 fully saturated rings. The van der Waals surface area contributed by atoms with Gasteiger partial charge in [0.25, 0.3) is 0 Å². The van der Waals surface area contributed by atoms with E-state index < -0.39 is 0 Å². The van der Waals surface area contributed by atoms with Gasteiger partial charge >= 0.3 is 0 Å². The van der Waals surface area contributed by atoms with Gasteiger partial charge in [0.1, 0.15) is 0 Å². The van der Waals surface area contributed by atoms with Crippen LogP contribution >= 0.6 is 11.6 Å². The number of rotatable bonds is 5. The van der Waals surface area contributed by atoms with Crippen molar-refractivity contribution < 1.29 is 9.53 Å². The van der Waals surface area contributed by atoms with Crippen LogP contribution in [-0.4, -0.2) is 42.1 Å². The molecule has 1 aromatic rings. The fraction of sp³-hybridized carbons (Fsp3) is 0.632. The zero-order valence-electron chi connectivity index (χ0n) is 13.9. The van der Waals surface area contributed by atoms with E-state index in [1.165, 1.54) is 12.0 Å². The highest BCUT2D eigenvalue weighted by Crippen LogP contribution is 2.33. The first-order valence-electron chi connectivity index (χ1n) is 9.11. The van der Waals surface area contributed by atoms with E-state index in [2.05, 4.69) is 16.3 Å². The number of hydrogen-bond donors (Lipinski definition) is 1. The highest BCUT2D eigenvalue weighted by Gasteiger charge is 2.43. The lowest BCUT2D eigenvalue weighted by atomic mass is 9.84. The van der Waals surface area contributed by atoms with Crippen LogP contribution in [0.3, 0.4) is 0 Å². The van der Waals surface area contributed by atoms with E-state index in [1.807, 2.05) is 18.2 Å². The summed E-state index contributed by atoms with van der Waals surface area (Å²) >= 11 is 6.07. The SMILES string of the molecule is O=C(NC[C@@H]1CC[C@@H]2[C@@H](CN2Cc2cccc(Cl)c2)O1)C1CCC1. The average molecular weight is 349 g/mol. The summed E-state index contributed by atoms with van der Waals surface area (Å²) in [6.07, 6.45) is 5.99. The first-order valence-corrected chi connectivity index (χ1v) is 9.48. The van der Waals surface area contributed by atoms with Crippen LogP contribution in [-0.2, 0) is 16.1 Å². The van der Waals surface area contributed by atoms with Crippen molar-refractivity contribution in [3.05, 3.63) is 34.9 Å². The minimum Gasteiger partial charge on any atom is -0.370 e. The Labute approximate surface area is 148 Å². The lowest BCUT2D eigenvalue weighted by Gasteiger charge is -2.52. The Morgan fingerprint density at radius 2 is 2.17 bits per heavy atom. The third-order valence-corrected chi connectivity index (χ3v) is 5.95. The molecular formula is C19H25ClN2O2. The van der Waals surface area contributed by atoms with E-state index in [1.54, 1.807) is 0 Å². The number of ether oxygens (including phenoxy) is 1. The molecule has 0 bridgehead atoms. The van der Waals surface area contributed by atoms with E-state index in [-0.39, 0.29) is 17.9 Å². The average Bonchev–Trinajstić information content (AvgIpc) is 2.49. The molecule has 1 saturated carbocycles. The van der Waals surface area contributed by atoms with Crippen molar-refractivity contribution in [2.75, 3.05) is 13.1 Å². The summed E-state index contributed by atoms with van der Waals surface area (Å²) in [5.74, 6) is 0.487. The number of amides is 1. The molecule has 0 radical (unpaired) electrons. The van der Waals surface area contributed by atoms with Gasteiger partial charge in [-0.05, 0) is 43.4 Å². The number of likely N-dealkylation sites (tertiary alicyclic amines) is 1. The number of fused-ring (bicyclic) bond motifs is 1. The van der Waals surface area contributed by atoms with Gasteiger partial charge in [0.15, 0.2) is 0 Å². The van der Waals surface area contributed by atoms with E-state index in [9.17, 15) is 4.79 Å². The molecule has 3 aliphatic rings. The van der Waals surface area contributed by atoms with Crippen LogP contribution in [0, 0.1) is 5.92 Å². The molecule has 1 aliphatic carbocycles. The molecular weight excluding hydrogens is 324 g/mol. The summed E-state index contributed by atoms with van der Waals surface area (Å²) in [5.41, 5.74) is 1.26. The number of carbonyl (C=O) groups is 1. The van der Waals surface area contributed by atoms with Crippen molar-refractivity contribution in [2.45, 2.75) is 56.9 Å². The fourth-order valence-electron chi connectivity index (χ4n) is 3.99. The largest absolute Gasteiger partial charge is 0.370 e. The predicted octanol–water partition coefficient (Wildman–Crippen LogP) is 2.99. The van der Waals surface area contributed by atoms with Gasteiger partial charge in [0, 0.05) is 36.6 Å². The molecule has 0 unspecified atom stereocenters. The molecule has 1 aromatic carbocycles. The molecule has 2 heterocycles. The quantitative estimate of drug-likeness (QED) is 0.889. The second-order valence-corrected chi connectivity index (χ2v) is 7.81. The first kappa shape index (κ1) is 16.4. The van der Waals surface area contributed by atoms with E-state index in [4.69, 9.17) is 16.3 Å². The lowest BCUT2D eigenvalue weighted by molar-refractivity contribution is -0.170. The van der Waals surface area contributed by atoms with Gasteiger partial charge in [-0.1, -0.05) is 30.2 Å². The summed E-state index contributed by atoms with van der Waals surface area (Å²) in [6, 6.07) is 8.60. The second kappa shape index (κ2) is 7.03. The van der Waals surface area contributed by atoms with Crippen LogP contribution in [0.5, 0.6) is 0 Å². The molecule has 4 nitrogen and oxygen atoms in total. The third kappa shape index (κ3) is 3.46. The number of carbonyl (C=O) groups excluding carboxylic acids is 1. The number of hydrogen-bond acceptors (Lipinski definition) is 3. The number of benzene rings is 1. The Kier molecular flexibility index (Phi) is 4.79. The molecule has 4 rings (SSSR count). The van der Waals surface area contributed by atoms with Gasteiger partial charge in [-0.25, -0.2) is 0 Å². The minimum absolute atomic E-state index is 0.184. The summed E-state index contributed by atoms with van der Waals surface area (Å²) in [6.45, 7) is 2.59. The van der Waals surface area contributed by atoms with Crippen LogP contribution in [0.15, 0.2) is 24.3 Å². The number of nitrogens with zero attached hydrogens (tertiary/aromatic N) is 1. The molecule has 2 aliphatic heterocycles. The minimum atomic E-state index is 0.184. The fourth-order valence-corrected chi connectivity index (χ4v) is 4.20. The summed E-state index contributed by atoms with van der Waals surface area (Å²) in [5, 5.41) is 3.88. The standard InChI is InChI=1S/C19H25ClN2O2/c20-15-6-1-3-13(9-15)11-22-12-18-17(22)8-7-16(24-18)10-21-19(23)14-4-2-5-14/h1,3,6,9,14,16-18H,2,4-5,7-8,10-12H2,(H,21,23)/t16-,17+,18+/m0/s1. The van der Waals surface area contributed by atoms with Gasteiger partial charge in [0.2, 0.25) is 5.91 Å². The maximum absolute atomic E-state index is 11.9. The van der Waals surface area contributed by atoms with Crippen molar-refractivity contribution in [2.24, 2.45) is 5.92 Å². The summed E-state index contributed by atoms with van der Waals surface area (Å²) < 4.78 is 6.18. The van der Waals surface area contributed by atoms with E-state index >= 15 is 0 Å². The third-order valence-electron chi connectivity index (χ3n) is 5.72. The zero-order valence-corrected chi connectivity index (χ0v) is 14.7. The smallest absolute Gasteiger partial charge is 0.223 e. The molecule has 1 N–H and O–H groups in total. The Hall–Kier alpha value is -1.10. The van der Waals surface area contributed by atoms with Crippen LogP contribution in [0.1, 0.15) is 37.7 Å². The monoisotopic (exact) mass is 348 g/mol. The highest BCUT2D eigenvalue weighted by molar-refractivity contribution is 6.30. The summed E-state index contributed by atoms with van der Waals surface area (Å²) in [7, 11) is 0. The first-order chi connectivity index (χ1) is 11.7. The molecule has 5 heteroatoms. The second-order valence-electron chi connectivity index (χ2n) is 7.37. The van der Waals surface area contributed by atoms with Crippen molar-refractivity contribution in [1.82, 2.24) is 10.2 Å². The topological polar surface area (TPSA) is 41.6 Å². The van der Waals surface area contributed by atoms with Gasteiger partial charge < -0.3 is 10.1 Å². The lowest BCUT2D eigenvalue weighted by Crippen LogP contribution is -2.64. The molecule has 1 amide bonds. The van der Waals surface area contributed by atoms with Gasteiger partial charge in [-0.3, -0.25) is 9.69 Å². The Morgan fingerprint density at radius 1 is 1.29 bits per heavy atom. The molecule has 0 aromatic heterocycles. The van der Waals surface area contributed by atoms with Crippen molar-refractivity contribution in [1.29, 1.82) is 0 Å². The number of halogens is 1.